The van der Waals surface area contributed by atoms with Crippen LogP contribution in [0.3, 0.4) is 0 Å². The van der Waals surface area contributed by atoms with Crippen LogP contribution in [-0.2, 0) is 13.1 Å². The summed E-state index contributed by atoms with van der Waals surface area (Å²) in [5.41, 5.74) is 3.89. The van der Waals surface area contributed by atoms with E-state index in [1.165, 1.54) is 29.8 Å². The molecule has 1 fully saturated rings. The molecular weight excluding hydrogens is 198 g/mol. The van der Waals surface area contributed by atoms with Crippen molar-refractivity contribution in [1.29, 1.82) is 0 Å². The Hall–Kier alpha value is -0.830. The third-order valence-corrected chi connectivity index (χ3v) is 3.77. The molecule has 1 saturated carbocycles. The van der Waals surface area contributed by atoms with E-state index in [4.69, 9.17) is 0 Å². The van der Waals surface area contributed by atoms with Gasteiger partial charge < -0.3 is 5.32 Å². The minimum atomic E-state index is 0.735. The second-order valence-corrected chi connectivity index (χ2v) is 5.12. The molecule has 0 spiro atoms. The number of aromatic nitrogens is 2. The van der Waals surface area contributed by atoms with Gasteiger partial charge in [-0.05, 0) is 39.5 Å². The summed E-state index contributed by atoms with van der Waals surface area (Å²) in [6.07, 6.45) is 2.67. The maximum Gasteiger partial charge on any atom is 0.0641 e. The van der Waals surface area contributed by atoms with E-state index in [0.29, 0.717) is 0 Å². The van der Waals surface area contributed by atoms with Crippen LogP contribution in [0.2, 0.25) is 0 Å². The summed E-state index contributed by atoms with van der Waals surface area (Å²) in [5.74, 6) is 0.915. The van der Waals surface area contributed by atoms with Crippen molar-refractivity contribution >= 4 is 0 Å². The lowest BCUT2D eigenvalue weighted by Gasteiger charge is -2.33. The van der Waals surface area contributed by atoms with Crippen LogP contribution in [0.5, 0.6) is 0 Å². The summed E-state index contributed by atoms with van der Waals surface area (Å²) in [6, 6.07) is 0.735. The molecule has 0 bridgehead atoms. The first-order valence-corrected chi connectivity index (χ1v) is 6.38. The molecule has 0 aliphatic heterocycles. The van der Waals surface area contributed by atoms with Crippen LogP contribution in [0.1, 0.15) is 43.6 Å². The van der Waals surface area contributed by atoms with Gasteiger partial charge in [-0.2, -0.15) is 5.10 Å². The molecule has 0 amide bonds. The zero-order valence-electron chi connectivity index (χ0n) is 10.9. The number of nitrogens with one attached hydrogen (secondary N) is 1. The highest BCUT2D eigenvalue weighted by atomic mass is 15.3. The van der Waals surface area contributed by atoms with Crippen LogP contribution < -0.4 is 5.32 Å². The third kappa shape index (κ3) is 2.14. The maximum atomic E-state index is 4.54. The summed E-state index contributed by atoms with van der Waals surface area (Å²) in [4.78, 5) is 0. The number of hydrogen-bond donors (Lipinski definition) is 1. The van der Waals surface area contributed by atoms with Gasteiger partial charge in [-0.3, -0.25) is 4.68 Å². The Bertz CT molecular complexity index is 361. The smallest absolute Gasteiger partial charge is 0.0641 e. The van der Waals surface area contributed by atoms with E-state index >= 15 is 0 Å². The van der Waals surface area contributed by atoms with Crippen molar-refractivity contribution in [1.82, 2.24) is 15.1 Å². The molecule has 1 aliphatic carbocycles. The molecule has 0 radical (unpaired) electrons. The largest absolute Gasteiger partial charge is 0.310 e. The average Bonchev–Trinajstić information content (AvgIpc) is 2.48. The predicted octanol–water partition coefficient (Wildman–Crippen LogP) is 2.41. The fourth-order valence-electron chi connectivity index (χ4n) is 2.61. The van der Waals surface area contributed by atoms with E-state index in [9.17, 15) is 0 Å². The monoisotopic (exact) mass is 221 g/mol. The van der Waals surface area contributed by atoms with E-state index in [1.54, 1.807) is 0 Å². The Labute approximate surface area is 98.2 Å². The van der Waals surface area contributed by atoms with Crippen LogP contribution in [0.4, 0.5) is 0 Å². The minimum absolute atomic E-state index is 0.735. The summed E-state index contributed by atoms with van der Waals surface area (Å²) in [7, 11) is 0. The summed E-state index contributed by atoms with van der Waals surface area (Å²) < 4.78 is 2.09. The highest BCUT2D eigenvalue weighted by Gasteiger charge is 2.25. The molecule has 3 nitrogen and oxygen atoms in total. The normalized spacial score (nSPS) is 24.5. The van der Waals surface area contributed by atoms with E-state index in [1.807, 2.05) is 0 Å². The molecule has 90 valence electrons. The SMILES string of the molecule is CCn1nc(C)c(CNC2CC(C)C2)c1C. The highest BCUT2D eigenvalue weighted by Crippen LogP contribution is 2.26. The fraction of sp³-hybridized carbons (Fsp3) is 0.769. The molecule has 1 aromatic rings. The van der Waals surface area contributed by atoms with Gasteiger partial charge in [0.2, 0.25) is 0 Å². The van der Waals surface area contributed by atoms with Crippen LogP contribution >= 0.6 is 0 Å². The second kappa shape index (κ2) is 4.58. The van der Waals surface area contributed by atoms with E-state index in [2.05, 4.69) is 42.8 Å². The summed E-state index contributed by atoms with van der Waals surface area (Å²) in [5, 5.41) is 8.17. The first-order valence-electron chi connectivity index (χ1n) is 6.38. The van der Waals surface area contributed by atoms with Crippen molar-refractivity contribution in [2.45, 2.75) is 59.7 Å². The number of nitrogens with zero attached hydrogens (tertiary/aromatic N) is 2. The quantitative estimate of drug-likeness (QED) is 0.846. The van der Waals surface area contributed by atoms with Gasteiger partial charge in [-0.25, -0.2) is 0 Å². The molecule has 1 aromatic heterocycles. The minimum Gasteiger partial charge on any atom is -0.310 e. The zero-order valence-corrected chi connectivity index (χ0v) is 10.9. The van der Waals surface area contributed by atoms with E-state index in [0.717, 1.165) is 25.0 Å². The number of rotatable bonds is 4. The first kappa shape index (κ1) is 11.6. The van der Waals surface area contributed by atoms with Crippen molar-refractivity contribution in [3.8, 4) is 0 Å². The molecule has 0 atom stereocenters. The van der Waals surface area contributed by atoms with Crippen molar-refractivity contribution in [2.75, 3.05) is 0 Å². The second-order valence-electron chi connectivity index (χ2n) is 5.12. The molecule has 0 saturated heterocycles. The third-order valence-electron chi connectivity index (χ3n) is 3.77. The van der Waals surface area contributed by atoms with Gasteiger partial charge in [-0.1, -0.05) is 6.92 Å². The molecule has 0 aromatic carbocycles. The van der Waals surface area contributed by atoms with Crippen molar-refractivity contribution in [3.63, 3.8) is 0 Å². The molecule has 1 N–H and O–H groups in total. The van der Waals surface area contributed by atoms with Crippen LogP contribution in [0.15, 0.2) is 0 Å². The molecule has 16 heavy (non-hydrogen) atoms. The summed E-state index contributed by atoms with van der Waals surface area (Å²) in [6.45, 7) is 10.7. The topological polar surface area (TPSA) is 29.9 Å². The van der Waals surface area contributed by atoms with E-state index < -0.39 is 0 Å². The van der Waals surface area contributed by atoms with Gasteiger partial charge >= 0.3 is 0 Å². The Morgan fingerprint density at radius 2 is 2.06 bits per heavy atom. The fourth-order valence-corrected chi connectivity index (χ4v) is 2.61. The Kier molecular flexibility index (Phi) is 3.33. The maximum absolute atomic E-state index is 4.54. The number of aryl methyl sites for hydroxylation is 2. The van der Waals surface area contributed by atoms with Gasteiger partial charge in [0.25, 0.3) is 0 Å². The molecule has 3 heteroatoms. The summed E-state index contributed by atoms with van der Waals surface area (Å²) >= 11 is 0. The Balaban J connectivity index is 1.96. The molecule has 1 aliphatic rings. The van der Waals surface area contributed by atoms with Gasteiger partial charge in [0.05, 0.1) is 5.69 Å². The van der Waals surface area contributed by atoms with Gasteiger partial charge in [0, 0.05) is 30.4 Å². The zero-order chi connectivity index (χ0) is 11.7. The lowest BCUT2D eigenvalue weighted by atomic mass is 9.82. The molecule has 0 unspecified atom stereocenters. The molecular formula is C13H23N3. The van der Waals surface area contributed by atoms with E-state index in [-0.39, 0.29) is 0 Å². The van der Waals surface area contributed by atoms with Gasteiger partial charge in [-0.15, -0.1) is 0 Å². The lowest BCUT2D eigenvalue weighted by Crippen LogP contribution is -2.39. The average molecular weight is 221 g/mol. The molecule has 2 rings (SSSR count). The standard InChI is InChI=1S/C13H23N3/c1-5-16-11(4)13(10(3)15-16)8-14-12-6-9(2)7-12/h9,12,14H,5-8H2,1-4H3. The van der Waals surface area contributed by atoms with Gasteiger partial charge in [0.15, 0.2) is 0 Å². The van der Waals surface area contributed by atoms with Crippen molar-refractivity contribution < 1.29 is 0 Å². The van der Waals surface area contributed by atoms with Gasteiger partial charge in [0.1, 0.15) is 0 Å². The van der Waals surface area contributed by atoms with Crippen LogP contribution in [0.25, 0.3) is 0 Å². The Morgan fingerprint density at radius 3 is 2.56 bits per heavy atom. The highest BCUT2D eigenvalue weighted by molar-refractivity contribution is 5.24. The number of hydrogen-bond acceptors (Lipinski definition) is 2. The van der Waals surface area contributed by atoms with Crippen LogP contribution in [0, 0.1) is 19.8 Å². The van der Waals surface area contributed by atoms with Crippen molar-refractivity contribution in [3.05, 3.63) is 17.0 Å². The molecule has 1 heterocycles. The van der Waals surface area contributed by atoms with Crippen LogP contribution in [-0.4, -0.2) is 15.8 Å². The lowest BCUT2D eigenvalue weighted by molar-refractivity contribution is 0.240. The first-order chi connectivity index (χ1) is 7.61. The Morgan fingerprint density at radius 1 is 1.38 bits per heavy atom. The van der Waals surface area contributed by atoms with Crippen molar-refractivity contribution in [2.24, 2.45) is 5.92 Å². The predicted molar refractivity (Wildman–Crippen MR) is 66.4 cm³/mol.